The van der Waals surface area contributed by atoms with E-state index in [-0.39, 0.29) is 0 Å². The van der Waals surface area contributed by atoms with Crippen LogP contribution in [0.5, 0.6) is 0 Å². The molecule has 2 aromatic rings. The van der Waals surface area contributed by atoms with Gasteiger partial charge in [-0.2, -0.15) is 0 Å². The van der Waals surface area contributed by atoms with Crippen LogP contribution in [0.25, 0.3) is 0 Å². The summed E-state index contributed by atoms with van der Waals surface area (Å²) in [7, 11) is 0. The smallest absolute Gasteiger partial charge is 0.107 e. The summed E-state index contributed by atoms with van der Waals surface area (Å²) < 4.78 is 5.53. The lowest BCUT2D eigenvalue weighted by Crippen LogP contribution is -2.04. The average molecular weight is 266 g/mol. The molecule has 2 rings (SSSR count). The Labute approximate surface area is 111 Å². The van der Waals surface area contributed by atoms with Crippen LogP contribution in [0.3, 0.4) is 0 Å². The molecular weight excluding hydrogens is 250 g/mol. The third kappa shape index (κ3) is 2.42. The molecule has 2 aromatic heterocycles. The van der Waals surface area contributed by atoms with Crippen LogP contribution in [-0.4, -0.2) is 10.1 Å². The number of nitrogens with zero attached hydrogens (tertiary/aromatic N) is 1. The Morgan fingerprint density at radius 1 is 1.33 bits per heavy atom. The minimum Gasteiger partial charge on any atom is -0.466 e. The molecule has 18 heavy (non-hydrogen) atoms. The van der Waals surface area contributed by atoms with Gasteiger partial charge in [0.2, 0.25) is 0 Å². The predicted octanol–water partition coefficient (Wildman–Crippen LogP) is 3.53. The van der Waals surface area contributed by atoms with Crippen molar-refractivity contribution < 1.29 is 9.52 Å². The fourth-order valence-corrected chi connectivity index (χ4v) is 2.38. The van der Waals surface area contributed by atoms with Gasteiger partial charge in [-0.25, -0.2) is 0 Å². The molecule has 2 heterocycles. The number of halogens is 1. The summed E-state index contributed by atoms with van der Waals surface area (Å²) in [6.45, 7) is 5.73. The first-order valence-corrected chi connectivity index (χ1v) is 6.21. The summed E-state index contributed by atoms with van der Waals surface area (Å²) in [5, 5.41) is 10.9. The molecule has 0 fully saturated rings. The first-order valence-electron chi connectivity index (χ1n) is 5.83. The van der Waals surface area contributed by atoms with Crippen molar-refractivity contribution in [3.8, 4) is 0 Å². The highest BCUT2D eigenvalue weighted by Crippen LogP contribution is 2.30. The molecule has 1 atom stereocenters. The van der Waals surface area contributed by atoms with Crippen molar-refractivity contribution in [2.24, 2.45) is 0 Å². The van der Waals surface area contributed by atoms with Crippen LogP contribution in [0, 0.1) is 20.8 Å². The molecule has 0 bridgehead atoms. The summed E-state index contributed by atoms with van der Waals surface area (Å²) >= 11 is 6.04. The molecule has 0 saturated carbocycles. The van der Waals surface area contributed by atoms with Crippen LogP contribution in [0.1, 0.15) is 34.3 Å². The number of aliphatic hydroxyl groups is 1. The maximum Gasteiger partial charge on any atom is 0.107 e. The highest BCUT2D eigenvalue weighted by Gasteiger charge is 2.20. The van der Waals surface area contributed by atoms with E-state index in [1.807, 2.05) is 26.8 Å². The second kappa shape index (κ2) is 5.12. The van der Waals surface area contributed by atoms with Crippen molar-refractivity contribution >= 4 is 11.6 Å². The molecule has 0 aliphatic carbocycles. The average Bonchev–Trinajstić information content (AvgIpc) is 2.56. The van der Waals surface area contributed by atoms with Crippen LogP contribution < -0.4 is 0 Å². The SMILES string of the molecule is Cc1oc(C)c(C(O)Cc2ccncc2Cl)c1C. The van der Waals surface area contributed by atoms with Crippen LogP contribution in [0.4, 0.5) is 0 Å². The van der Waals surface area contributed by atoms with Crippen molar-refractivity contribution in [3.05, 3.63) is 51.7 Å². The van der Waals surface area contributed by atoms with E-state index in [9.17, 15) is 5.11 Å². The van der Waals surface area contributed by atoms with Crippen LogP contribution in [-0.2, 0) is 6.42 Å². The Morgan fingerprint density at radius 2 is 2.06 bits per heavy atom. The van der Waals surface area contributed by atoms with Gasteiger partial charge in [0, 0.05) is 24.4 Å². The number of hydrogen-bond donors (Lipinski definition) is 1. The van der Waals surface area contributed by atoms with E-state index in [1.54, 1.807) is 12.4 Å². The molecule has 0 aliphatic rings. The Kier molecular flexibility index (Phi) is 3.73. The standard InChI is InChI=1S/C14H16ClNO2/c1-8-9(2)18-10(3)14(8)13(17)6-11-4-5-16-7-12(11)15/h4-5,7,13,17H,6H2,1-3H3. The number of rotatable bonds is 3. The number of aryl methyl sites for hydroxylation is 2. The summed E-state index contributed by atoms with van der Waals surface area (Å²) in [5.41, 5.74) is 2.75. The van der Waals surface area contributed by atoms with Gasteiger partial charge < -0.3 is 9.52 Å². The quantitative estimate of drug-likeness (QED) is 0.923. The van der Waals surface area contributed by atoms with Gasteiger partial charge in [0.1, 0.15) is 11.5 Å². The van der Waals surface area contributed by atoms with E-state index in [0.29, 0.717) is 11.4 Å². The van der Waals surface area contributed by atoms with E-state index >= 15 is 0 Å². The lowest BCUT2D eigenvalue weighted by molar-refractivity contribution is 0.176. The van der Waals surface area contributed by atoms with Crippen molar-refractivity contribution in [2.45, 2.75) is 33.3 Å². The third-order valence-corrected chi connectivity index (χ3v) is 3.56. The Morgan fingerprint density at radius 3 is 2.61 bits per heavy atom. The summed E-state index contributed by atoms with van der Waals surface area (Å²) in [5.74, 6) is 1.62. The molecule has 0 saturated heterocycles. The minimum atomic E-state index is -0.609. The van der Waals surface area contributed by atoms with Crippen molar-refractivity contribution in [1.29, 1.82) is 0 Å². The molecule has 96 valence electrons. The van der Waals surface area contributed by atoms with Crippen LogP contribution in [0.15, 0.2) is 22.9 Å². The zero-order valence-electron chi connectivity index (χ0n) is 10.7. The normalized spacial score (nSPS) is 12.7. The van der Waals surface area contributed by atoms with Gasteiger partial charge in [0.15, 0.2) is 0 Å². The van der Waals surface area contributed by atoms with Gasteiger partial charge in [-0.3, -0.25) is 4.98 Å². The van der Waals surface area contributed by atoms with Crippen molar-refractivity contribution in [1.82, 2.24) is 4.98 Å². The topological polar surface area (TPSA) is 46.3 Å². The lowest BCUT2D eigenvalue weighted by Gasteiger charge is -2.12. The highest BCUT2D eigenvalue weighted by molar-refractivity contribution is 6.31. The molecule has 1 unspecified atom stereocenters. The maximum atomic E-state index is 10.3. The second-order valence-corrected chi connectivity index (χ2v) is 4.85. The van der Waals surface area contributed by atoms with Gasteiger partial charge in [0.25, 0.3) is 0 Å². The Bertz CT molecular complexity index is 563. The molecular formula is C14H16ClNO2. The Balaban J connectivity index is 2.28. The van der Waals surface area contributed by atoms with Gasteiger partial charge in [-0.1, -0.05) is 11.6 Å². The molecule has 0 aliphatic heterocycles. The lowest BCUT2D eigenvalue weighted by atomic mass is 9.99. The maximum absolute atomic E-state index is 10.3. The van der Waals surface area contributed by atoms with Gasteiger partial charge in [-0.15, -0.1) is 0 Å². The monoisotopic (exact) mass is 265 g/mol. The predicted molar refractivity (Wildman–Crippen MR) is 70.8 cm³/mol. The zero-order chi connectivity index (χ0) is 13.3. The number of pyridine rings is 1. The minimum absolute atomic E-state index is 0.460. The van der Waals surface area contributed by atoms with Crippen molar-refractivity contribution in [2.75, 3.05) is 0 Å². The van der Waals surface area contributed by atoms with Gasteiger partial charge in [-0.05, 0) is 38.0 Å². The molecule has 1 N–H and O–H groups in total. The second-order valence-electron chi connectivity index (χ2n) is 4.44. The molecule has 4 heteroatoms. The molecule has 0 aromatic carbocycles. The van der Waals surface area contributed by atoms with Crippen molar-refractivity contribution in [3.63, 3.8) is 0 Å². The molecule has 0 radical (unpaired) electrons. The summed E-state index contributed by atoms with van der Waals surface area (Å²) in [6.07, 6.45) is 3.11. The van der Waals surface area contributed by atoms with E-state index in [4.69, 9.17) is 16.0 Å². The largest absolute Gasteiger partial charge is 0.466 e. The molecule has 0 spiro atoms. The van der Waals surface area contributed by atoms with E-state index < -0.39 is 6.10 Å². The van der Waals surface area contributed by atoms with Crippen LogP contribution >= 0.6 is 11.6 Å². The van der Waals surface area contributed by atoms with E-state index in [2.05, 4.69) is 4.98 Å². The first kappa shape index (κ1) is 13.1. The number of furan rings is 1. The third-order valence-electron chi connectivity index (χ3n) is 3.22. The summed E-state index contributed by atoms with van der Waals surface area (Å²) in [4.78, 5) is 3.93. The van der Waals surface area contributed by atoms with E-state index in [1.165, 1.54) is 0 Å². The number of aliphatic hydroxyl groups excluding tert-OH is 1. The van der Waals surface area contributed by atoms with Gasteiger partial charge >= 0.3 is 0 Å². The zero-order valence-corrected chi connectivity index (χ0v) is 11.5. The highest BCUT2D eigenvalue weighted by atomic mass is 35.5. The van der Waals surface area contributed by atoms with Gasteiger partial charge in [0.05, 0.1) is 11.1 Å². The van der Waals surface area contributed by atoms with Crippen LogP contribution in [0.2, 0.25) is 5.02 Å². The summed E-state index contributed by atoms with van der Waals surface area (Å²) in [6, 6.07) is 1.82. The Hall–Kier alpha value is -1.32. The van der Waals surface area contributed by atoms with E-state index in [0.717, 1.165) is 28.2 Å². The number of aromatic nitrogens is 1. The molecule has 0 amide bonds. The first-order chi connectivity index (χ1) is 8.50. The fraction of sp³-hybridized carbons (Fsp3) is 0.357. The fourth-order valence-electron chi connectivity index (χ4n) is 2.18. The number of hydrogen-bond acceptors (Lipinski definition) is 3. The molecule has 3 nitrogen and oxygen atoms in total.